The summed E-state index contributed by atoms with van der Waals surface area (Å²) in [5.74, 6) is -0.570. The molecule has 2 heterocycles. The van der Waals surface area contributed by atoms with Crippen LogP contribution in [0.25, 0.3) is 10.9 Å². The van der Waals surface area contributed by atoms with Gasteiger partial charge in [-0.05, 0) is 43.2 Å². The van der Waals surface area contributed by atoms with Crippen LogP contribution in [0.5, 0.6) is 0 Å². The molecule has 26 heavy (non-hydrogen) atoms. The molecule has 1 unspecified atom stereocenters. The Bertz CT molecular complexity index is 1070. The molecule has 5 heteroatoms. The van der Waals surface area contributed by atoms with Gasteiger partial charge < -0.3 is 9.47 Å². The topological polar surface area (TPSA) is 42.3 Å². The number of carbonyl (C=O) groups is 1. The zero-order valence-corrected chi connectivity index (χ0v) is 14.7. The average molecular weight is 350 g/mol. The fourth-order valence-electron chi connectivity index (χ4n) is 3.58. The number of nitrogens with zero attached hydrogens (tertiary/aromatic N) is 2. The Balaban J connectivity index is 1.73. The number of aryl methyl sites for hydroxylation is 2. The maximum absolute atomic E-state index is 13.1. The highest BCUT2D eigenvalue weighted by molar-refractivity contribution is 5.98. The molecule has 0 spiro atoms. The zero-order chi connectivity index (χ0) is 18.4. The van der Waals surface area contributed by atoms with Crippen molar-refractivity contribution >= 4 is 16.8 Å². The van der Waals surface area contributed by atoms with E-state index in [1.54, 1.807) is 23.2 Å². The Labute approximate surface area is 150 Å². The van der Waals surface area contributed by atoms with E-state index < -0.39 is 0 Å². The Morgan fingerprint density at radius 3 is 2.54 bits per heavy atom. The highest BCUT2D eigenvalue weighted by Gasteiger charge is 2.35. The van der Waals surface area contributed by atoms with Gasteiger partial charge in [0.2, 0.25) is 5.43 Å². The molecule has 2 aromatic carbocycles. The van der Waals surface area contributed by atoms with Gasteiger partial charge in [0.15, 0.2) is 0 Å². The van der Waals surface area contributed by atoms with Crippen molar-refractivity contribution in [2.75, 3.05) is 6.54 Å². The normalized spacial score (nSPS) is 16.6. The third-order valence-electron chi connectivity index (χ3n) is 5.11. The summed E-state index contributed by atoms with van der Waals surface area (Å²) in [6, 6.07) is 11.7. The number of benzene rings is 2. The molecule has 0 N–H and O–H groups in total. The van der Waals surface area contributed by atoms with Crippen LogP contribution in [0, 0.1) is 12.7 Å². The number of pyridine rings is 1. The fourth-order valence-corrected chi connectivity index (χ4v) is 3.58. The van der Waals surface area contributed by atoms with Crippen LogP contribution in [-0.4, -0.2) is 21.9 Å². The van der Waals surface area contributed by atoms with Crippen LogP contribution in [0.15, 0.2) is 53.5 Å². The third-order valence-corrected chi connectivity index (χ3v) is 5.11. The van der Waals surface area contributed by atoms with Gasteiger partial charge in [0, 0.05) is 25.2 Å². The van der Waals surface area contributed by atoms with Crippen LogP contribution in [-0.2, 0) is 7.05 Å². The average Bonchev–Trinajstić information content (AvgIpc) is 2.59. The van der Waals surface area contributed by atoms with E-state index >= 15 is 0 Å². The summed E-state index contributed by atoms with van der Waals surface area (Å²) in [5.41, 5.74) is 2.61. The van der Waals surface area contributed by atoms with E-state index in [-0.39, 0.29) is 28.8 Å². The predicted octanol–water partition coefficient (Wildman–Crippen LogP) is 3.57. The van der Waals surface area contributed by atoms with Gasteiger partial charge in [0.05, 0.1) is 11.6 Å². The molecule has 132 valence electrons. The van der Waals surface area contributed by atoms with Crippen molar-refractivity contribution < 1.29 is 9.18 Å². The summed E-state index contributed by atoms with van der Waals surface area (Å²) >= 11 is 0. The van der Waals surface area contributed by atoms with Crippen molar-refractivity contribution in [2.45, 2.75) is 19.4 Å². The minimum atomic E-state index is -0.301. The third kappa shape index (κ3) is 2.60. The van der Waals surface area contributed by atoms with Gasteiger partial charge in [0.1, 0.15) is 11.4 Å². The molecule has 0 bridgehead atoms. The lowest BCUT2D eigenvalue weighted by molar-refractivity contribution is 0.0458. The second-order valence-electron chi connectivity index (χ2n) is 6.86. The first-order valence-corrected chi connectivity index (χ1v) is 8.62. The molecule has 1 aliphatic rings. The molecule has 4 rings (SSSR count). The van der Waals surface area contributed by atoms with Gasteiger partial charge >= 0.3 is 0 Å². The van der Waals surface area contributed by atoms with Crippen molar-refractivity contribution in [3.63, 3.8) is 0 Å². The van der Waals surface area contributed by atoms with E-state index in [0.29, 0.717) is 11.9 Å². The van der Waals surface area contributed by atoms with Crippen molar-refractivity contribution in [1.82, 2.24) is 9.47 Å². The monoisotopic (exact) mass is 350 g/mol. The van der Waals surface area contributed by atoms with E-state index in [4.69, 9.17) is 0 Å². The molecule has 0 radical (unpaired) electrons. The van der Waals surface area contributed by atoms with Gasteiger partial charge in [-0.1, -0.05) is 23.8 Å². The number of hydrogen-bond acceptors (Lipinski definition) is 2. The summed E-state index contributed by atoms with van der Waals surface area (Å²) in [4.78, 5) is 27.6. The maximum Gasteiger partial charge on any atom is 0.259 e. The number of halogens is 1. The molecule has 4 nitrogen and oxygen atoms in total. The van der Waals surface area contributed by atoms with Crippen LogP contribution >= 0.6 is 0 Å². The minimum Gasteiger partial charge on any atom is -0.350 e. The summed E-state index contributed by atoms with van der Waals surface area (Å²) in [6.45, 7) is 2.52. The highest BCUT2D eigenvalue weighted by atomic mass is 19.1. The van der Waals surface area contributed by atoms with Gasteiger partial charge in [0.25, 0.3) is 5.91 Å². The maximum atomic E-state index is 13.1. The van der Waals surface area contributed by atoms with Crippen molar-refractivity contribution in [3.05, 3.63) is 81.4 Å². The largest absolute Gasteiger partial charge is 0.350 e. The first-order valence-electron chi connectivity index (χ1n) is 8.62. The van der Waals surface area contributed by atoms with Gasteiger partial charge in [-0.15, -0.1) is 0 Å². The van der Waals surface area contributed by atoms with Crippen LogP contribution in [0.3, 0.4) is 0 Å². The second-order valence-corrected chi connectivity index (χ2v) is 6.86. The van der Waals surface area contributed by atoms with Crippen LogP contribution in [0.4, 0.5) is 4.39 Å². The molecule has 1 amide bonds. The smallest absolute Gasteiger partial charge is 0.259 e. The Morgan fingerprint density at radius 1 is 1.15 bits per heavy atom. The summed E-state index contributed by atoms with van der Waals surface area (Å²) in [6.07, 6.45) is 2.42. The number of rotatable bonds is 2. The second kappa shape index (κ2) is 6.09. The van der Waals surface area contributed by atoms with Crippen LogP contribution < -0.4 is 5.43 Å². The van der Waals surface area contributed by atoms with E-state index in [2.05, 4.69) is 0 Å². The van der Waals surface area contributed by atoms with E-state index in [1.165, 1.54) is 12.1 Å². The number of amides is 1. The Hall–Kier alpha value is -2.95. The number of carbonyl (C=O) groups excluding carboxylic acids is 1. The van der Waals surface area contributed by atoms with Gasteiger partial charge in [-0.25, -0.2) is 4.39 Å². The lowest BCUT2D eigenvalue weighted by Crippen LogP contribution is -2.46. The summed E-state index contributed by atoms with van der Waals surface area (Å²) in [7, 11) is 1.83. The predicted molar refractivity (Wildman–Crippen MR) is 98.7 cm³/mol. The molecule has 1 saturated heterocycles. The van der Waals surface area contributed by atoms with Gasteiger partial charge in [-0.3, -0.25) is 9.59 Å². The zero-order valence-electron chi connectivity index (χ0n) is 14.7. The number of fused-ring (bicyclic) bond motifs is 1. The minimum absolute atomic E-state index is 0.110. The number of likely N-dealkylation sites (tertiary alicyclic amines) is 1. The SMILES string of the molecule is Cc1ccc2c(c1)c(=O)c(C(=O)N1CCC1c1ccc(F)cc1)cn2C. The molecule has 1 fully saturated rings. The highest BCUT2D eigenvalue weighted by Crippen LogP contribution is 2.34. The first kappa shape index (κ1) is 16.5. The summed E-state index contributed by atoms with van der Waals surface area (Å²) in [5, 5.41) is 0.553. The number of aromatic nitrogens is 1. The Kier molecular flexibility index (Phi) is 3.87. The molecule has 1 aromatic heterocycles. The van der Waals surface area contributed by atoms with E-state index in [0.717, 1.165) is 23.1 Å². The summed E-state index contributed by atoms with van der Waals surface area (Å²) < 4.78 is 15.0. The molecule has 0 saturated carbocycles. The molecule has 1 aliphatic heterocycles. The molecular formula is C21H19FN2O2. The Morgan fingerprint density at radius 2 is 1.88 bits per heavy atom. The fraction of sp³-hybridized carbons (Fsp3) is 0.238. The quantitative estimate of drug-likeness (QED) is 0.709. The standard InChI is InChI=1S/C21H19FN2O2/c1-13-3-8-19-16(11-13)20(25)17(12-23(19)2)21(26)24-10-9-18(24)14-4-6-15(22)7-5-14/h3-8,11-12,18H,9-10H2,1-2H3. The lowest BCUT2D eigenvalue weighted by Gasteiger charge is -2.41. The molecule has 0 aliphatic carbocycles. The van der Waals surface area contributed by atoms with Crippen molar-refractivity contribution in [3.8, 4) is 0 Å². The van der Waals surface area contributed by atoms with E-state index in [1.807, 2.05) is 36.7 Å². The van der Waals surface area contributed by atoms with Crippen molar-refractivity contribution in [1.29, 1.82) is 0 Å². The van der Waals surface area contributed by atoms with Gasteiger partial charge in [-0.2, -0.15) is 0 Å². The molecule has 1 atom stereocenters. The first-order chi connectivity index (χ1) is 12.5. The molecule has 3 aromatic rings. The van der Waals surface area contributed by atoms with Crippen molar-refractivity contribution in [2.24, 2.45) is 7.05 Å². The van der Waals surface area contributed by atoms with Crippen LogP contribution in [0.1, 0.15) is 33.9 Å². The molecular weight excluding hydrogens is 331 g/mol. The van der Waals surface area contributed by atoms with E-state index in [9.17, 15) is 14.0 Å². The lowest BCUT2D eigenvalue weighted by atomic mass is 9.93. The van der Waals surface area contributed by atoms with Crippen LogP contribution in [0.2, 0.25) is 0 Å². The number of hydrogen-bond donors (Lipinski definition) is 0.